The van der Waals surface area contributed by atoms with Crippen molar-refractivity contribution >= 4 is 5.91 Å². The summed E-state index contributed by atoms with van der Waals surface area (Å²) in [7, 11) is 1.67. The third-order valence-electron chi connectivity index (χ3n) is 5.53. The molecule has 3 heterocycles. The second kappa shape index (κ2) is 7.11. The summed E-state index contributed by atoms with van der Waals surface area (Å²) in [4.78, 5) is 25.2. The first-order chi connectivity index (χ1) is 12.7. The van der Waals surface area contributed by atoms with E-state index in [1.54, 1.807) is 7.11 Å². The molecule has 1 atom stereocenters. The fourth-order valence-electron chi connectivity index (χ4n) is 3.91. The summed E-state index contributed by atoms with van der Waals surface area (Å²) in [5.74, 6) is 1.95. The van der Waals surface area contributed by atoms with Gasteiger partial charge >= 0.3 is 0 Å². The Morgan fingerprint density at radius 1 is 1.27 bits per heavy atom. The minimum absolute atomic E-state index is 0.0789. The van der Waals surface area contributed by atoms with Crippen LogP contribution in [0, 0.1) is 0 Å². The maximum Gasteiger partial charge on any atom is 0.239 e. The fourth-order valence-corrected chi connectivity index (χ4v) is 3.91. The number of carbonyl (C=O) groups is 1. The lowest BCUT2D eigenvalue weighted by Gasteiger charge is -2.33. The second-order valence-corrected chi connectivity index (χ2v) is 7.17. The molecule has 0 saturated carbocycles. The van der Waals surface area contributed by atoms with Crippen LogP contribution in [0.2, 0.25) is 0 Å². The van der Waals surface area contributed by atoms with Gasteiger partial charge in [0.2, 0.25) is 5.91 Å². The van der Waals surface area contributed by atoms with Crippen molar-refractivity contribution in [2.24, 2.45) is 0 Å². The number of carbonyl (C=O) groups excluding carboxylic acids is 1. The normalized spacial score (nSPS) is 18.6. The Bertz CT molecular complexity index is 795. The first-order valence-electron chi connectivity index (χ1n) is 9.40. The van der Waals surface area contributed by atoms with Crippen molar-refractivity contribution in [3.63, 3.8) is 0 Å². The van der Waals surface area contributed by atoms with Gasteiger partial charge in [0, 0.05) is 38.2 Å². The molecular weight excluding hydrogens is 328 g/mol. The number of H-pyrrole nitrogens is 1. The van der Waals surface area contributed by atoms with Crippen LogP contribution in [0.15, 0.2) is 24.3 Å². The number of aromatic nitrogens is 2. The molecule has 1 aromatic carbocycles. The number of nitrogens with zero attached hydrogens (tertiary/aromatic N) is 3. The maximum atomic E-state index is 12.7. The summed E-state index contributed by atoms with van der Waals surface area (Å²) in [6.45, 7) is 5.47. The van der Waals surface area contributed by atoms with Gasteiger partial charge in [0.05, 0.1) is 24.5 Å². The number of hydrogen-bond donors (Lipinski definition) is 1. The summed E-state index contributed by atoms with van der Waals surface area (Å²) in [5, 5.41) is 0. The lowest BCUT2D eigenvalue weighted by molar-refractivity contribution is -0.135. The van der Waals surface area contributed by atoms with Gasteiger partial charge < -0.3 is 14.6 Å². The molecule has 0 bridgehead atoms. The van der Waals surface area contributed by atoms with Crippen molar-refractivity contribution in [2.75, 3.05) is 26.7 Å². The molecule has 2 aliphatic rings. The van der Waals surface area contributed by atoms with Crippen molar-refractivity contribution in [1.29, 1.82) is 0 Å². The van der Waals surface area contributed by atoms with Crippen molar-refractivity contribution in [1.82, 2.24) is 19.8 Å². The van der Waals surface area contributed by atoms with Gasteiger partial charge in [0.15, 0.2) is 0 Å². The molecule has 1 aromatic heterocycles. The molecule has 1 N–H and O–H groups in total. The number of ether oxygens (including phenoxy) is 1. The lowest BCUT2D eigenvalue weighted by atomic mass is 10.1. The topological polar surface area (TPSA) is 61.5 Å². The highest BCUT2D eigenvalue weighted by Gasteiger charge is 2.31. The number of amides is 1. The molecule has 0 aliphatic carbocycles. The van der Waals surface area contributed by atoms with Gasteiger partial charge in [0.1, 0.15) is 11.6 Å². The summed E-state index contributed by atoms with van der Waals surface area (Å²) in [6.07, 6.45) is 3.13. The van der Waals surface area contributed by atoms with Gasteiger partial charge in [-0.15, -0.1) is 0 Å². The monoisotopic (exact) mass is 354 g/mol. The van der Waals surface area contributed by atoms with E-state index < -0.39 is 0 Å². The number of imidazole rings is 1. The molecule has 26 heavy (non-hydrogen) atoms. The van der Waals surface area contributed by atoms with Gasteiger partial charge in [-0.25, -0.2) is 4.98 Å². The summed E-state index contributed by atoms with van der Waals surface area (Å²) < 4.78 is 5.31. The number of benzene rings is 1. The van der Waals surface area contributed by atoms with E-state index in [0.717, 1.165) is 74.0 Å². The zero-order valence-corrected chi connectivity index (χ0v) is 15.5. The van der Waals surface area contributed by atoms with Crippen LogP contribution in [-0.4, -0.2) is 58.5 Å². The largest absolute Gasteiger partial charge is 0.497 e. The highest BCUT2D eigenvalue weighted by Crippen LogP contribution is 2.26. The molecule has 0 spiro atoms. The van der Waals surface area contributed by atoms with Gasteiger partial charge in [0.25, 0.3) is 0 Å². The number of hydrogen-bond acceptors (Lipinski definition) is 4. The zero-order chi connectivity index (χ0) is 18.1. The molecule has 138 valence electrons. The van der Waals surface area contributed by atoms with E-state index in [4.69, 9.17) is 9.72 Å². The van der Waals surface area contributed by atoms with E-state index in [1.807, 2.05) is 36.1 Å². The van der Waals surface area contributed by atoms with Crippen molar-refractivity contribution in [2.45, 2.75) is 38.8 Å². The van der Waals surface area contributed by atoms with Crippen LogP contribution in [0.4, 0.5) is 0 Å². The predicted molar refractivity (Wildman–Crippen MR) is 100.0 cm³/mol. The molecule has 4 rings (SSSR count). The minimum Gasteiger partial charge on any atom is -0.497 e. The van der Waals surface area contributed by atoms with Gasteiger partial charge in [-0.1, -0.05) is 12.1 Å². The van der Waals surface area contributed by atoms with Crippen molar-refractivity contribution in [3.05, 3.63) is 35.7 Å². The quantitative estimate of drug-likeness (QED) is 0.916. The fraction of sp³-hybridized carbons (Fsp3) is 0.500. The standard InChI is InChI=1S/C20H26N4O2/c1-14(20(25)23-9-3-4-10-23)24-11-8-17-18(13-24)22-19(21-17)15-6-5-7-16(12-15)26-2/h5-7,12,14H,3-4,8-11,13H2,1-2H3,(H,21,22)/t14-/m1/s1. The van der Waals surface area contributed by atoms with E-state index in [1.165, 1.54) is 0 Å². The van der Waals surface area contributed by atoms with Crippen LogP contribution >= 0.6 is 0 Å². The zero-order valence-electron chi connectivity index (χ0n) is 15.5. The van der Waals surface area contributed by atoms with Crippen molar-refractivity contribution in [3.8, 4) is 17.1 Å². The van der Waals surface area contributed by atoms with E-state index in [-0.39, 0.29) is 11.9 Å². The molecule has 1 fully saturated rings. The molecule has 1 amide bonds. The van der Waals surface area contributed by atoms with Crippen molar-refractivity contribution < 1.29 is 9.53 Å². The molecule has 0 radical (unpaired) electrons. The molecule has 2 aromatic rings. The summed E-state index contributed by atoms with van der Waals surface area (Å²) in [6, 6.07) is 7.84. The average Bonchev–Trinajstić information content (AvgIpc) is 3.36. The van der Waals surface area contributed by atoms with E-state index in [2.05, 4.69) is 9.88 Å². The van der Waals surface area contributed by atoms with Gasteiger partial charge in [-0.3, -0.25) is 9.69 Å². The number of rotatable bonds is 4. The molecule has 1 saturated heterocycles. The average molecular weight is 354 g/mol. The van der Waals surface area contributed by atoms with Gasteiger partial charge in [-0.2, -0.15) is 0 Å². The Hall–Kier alpha value is -2.34. The summed E-state index contributed by atoms with van der Waals surface area (Å²) >= 11 is 0. The molecule has 0 unspecified atom stereocenters. The Labute approximate surface area is 154 Å². The Morgan fingerprint density at radius 2 is 2.08 bits per heavy atom. The van der Waals surface area contributed by atoms with E-state index in [9.17, 15) is 4.79 Å². The van der Waals surface area contributed by atoms with Crippen LogP contribution in [0.25, 0.3) is 11.4 Å². The lowest BCUT2D eigenvalue weighted by Crippen LogP contribution is -2.47. The van der Waals surface area contributed by atoms with Crippen LogP contribution in [0.1, 0.15) is 31.2 Å². The highest BCUT2D eigenvalue weighted by molar-refractivity contribution is 5.81. The Morgan fingerprint density at radius 3 is 2.85 bits per heavy atom. The van der Waals surface area contributed by atoms with Crippen LogP contribution < -0.4 is 4.74 Å². The molecule has 6 heteroatoms. The number of likely N-dealkylation sites (tertiary alicyclic amines) is 1. The van der Waals surface area contributed by atoms with E-state index >= 15 is 0 Å². The first kappa shape index (κ1) is 17.1. The van der Waals surface area contributed by atoms with Crippen LogP contribution in [0.5, 0.6) is 5.75 Å². The first-order valence-corrected chi connectivity index (χ1v) is 9.40. The highest BCUT2D eigenvalue weighted by atomic mass is 16.5. The predicted octanol–water partition coefficient (Wildman–Crippen LogP) is 2.45. The number of methoxy groups -OCH3 is 1. The van der Waals surface area contributed by atoms with Crippen LogP contribution in [0.3, 0.4) is 0 Å². The number of nitrogens with one attached hydrogen (secondary N) is 1. The molecule has 6 nitrogen and oxygen atoms in total. The maximum absolute atomic E-state index is 12.7. The minimum atomic E-state index is -0.0789. The third kappa shape index (κ3) is 3.21. The molecule has 2 aliphatic heterocycles. The Balaban J connectivity index is 1.50. The SMILES string of the molecule is COc1cccc(-c2nc3c([nH]2)CN([C@H](C)C(=O)N2CCCC2)CC3)c1. The van der Waals surface area contributed by atoms with Gasteiger partial charge in [-0.05, 0) is 31.9 Å². The van der Waals surface area contributed by atoms with E-state index in [0.29, 0.717) is 0 Å². The second-order valence-electron chi connectivity index (χ2n) is 7.17. The number of aromatic amines is 1. The molecular formula is C20H26N4O2. The smallest absolute Gasteiger partial charge is 0.239 e. The summed E-state index contributed by atoms with van der Waals surface area (Å²) in [5.41, 5.74) is 3.25. The Kier molecular flexibility index (Phi) is 4.68. The number of fused-ring (bicyclic) bond motifs is 1. The van der Waals surface area contributed by atoms with Crippen LogP contribution in [-0.2, 0) is 17.8 Å². The third-order valence-corrected chi connectivity index (χ3v) is 5.53.